The van der Waals surface area contributed by atoms with Crippen molar-refractivity contribution < 1.29 is 9.13 Å². The quantitative estimate of drug-likeness (QED) is 0.888. The van der Waals surface area contributed by atoms with Crippen molar-refractivity contribution in [2.45, 2.75) is 44.8 Å². The summed E-state index contributed by atoms with van der Waals surface area (Å²) in [6, 6.07) is 5.94. The summed E-state index contributed by atoms with van der Waals surface area (Å²) in [6.45, 7) is 2.96. The molecule has 1 aliphatic rings. The van der Waals surface area contributed by atoms with E-state index >= 15 is 0 Å². The predicted octanol–water partition coefficient (Wildman–Crippen LogP) is 3.03. The molecule has 0 aliphatic carbocycles. The van der Waals surface area contributed by atoms with Gasteiger partial charge in [0.2, 0.25) is 0 Å². The van der Waals surface area contributed by atoms with Crippen LogP contribution in [0.1, 0.15) is 30.4 Å². The second kappa shape index (κ2) is 6.19. The second-order valence-corrected chi connectivity index (χ2v) is 5.09. The van der Waals surface area contributed by atoms with E-state index in [2.05, 4.69) is 5.32 Å². The van der Waals surface area contributed by atoms with Crippen molar-refractivity contribution >= 4 is 0 Å². The van der Waals surface area contributed by atoms with Crippen molar-refractivity contribution in [2.24, 2.45) is 0 Å². The molecule has 1 N–H and O–H groups in total. The third kappa shape index (κ3) is 3.22. The van der Waals surface area contributed by atoms with Gasteiger partial charge in [-0.05, 0) is 37.9 Å². The maximum Gasteiger partial charge on any atom is 0.122 e. The number of rotatable bonds is 4. The lowest BCUT2D eigenvalue weighted by molar-refractivity contribution is 0.215. The minimum absolute atomic E-state index is 0.00367. The lowest BCUT2D eigenvalue weighted by atomic mass is 9.95. The van der Waals surface area contributed by atoms with Crippen molar-refractivity contribution in [1.29, 1.82) is 0 Å². The molecule has 2 rings (SSSR count). The highest BCUT2D eigenvalue weighted by Crippen LogP contribution is 2.24. The molecular weight excluding hydrogens is 229 g/mol. The minimum Gasteiger partial charge on any atom is -0.496 e. The number of piperidine rings is 1. The molecule has 3 heteroatoms. The fourth-order valence-corrected chi connectivity index (χ4v) is 2.61. The molecule has 2 nitrogen and oxygen atoms in total. The van der Waals surface area contributed by atoms with Gasteiger partial charge in [0.05, 0.1) is 7.11 Å². The van der Waals surface area contributed by atoms with Gasteiger partial charge in [0.15, 0.2) is 0 Å². The Balaban J connectivity index is 2.05. The van der Waals surface area contributed by atoms with Crippen LogP contribution in [0.4, 0.5) is 4.39 Å². The Morgan fingerprint density at radius 3 is 2.94 bits per heavy atom. The molecule has 1 aliphatic heterocycles. The Hall–Kier alpha value is -1.09. The topological polar surface area (TPSA) is 21.3 Å². The first-order chi connectivity index (χ1) is 8.70. The van der Waals surface area contributed by atoms with E-state index in [1.165, 1.54) is 0 Å². The summed E-state index contributed by atoms with van der Waals surface area (Å²) >= 11 is 0. The molecule has 1 fully saturated rings. The van der Waals surface area contributed by atoms with Crippen LogP contribution in [-0.4, -0.2) is 25.9 Å². The zero-order valence-corrected chi connectivity index (χ0v) is 11.2. The van der Waals surface area contributed by atoms with Gasteiger partial charge in [-0.25, -0.2) is 4.39 Å². The number of alkyl halides is 1. The van der Waals surface area contributed by atoms with Gasteiger partial charge < -0.3 is 10.1 Å². The summed E-state index contributed by atoms with van der Waals surface area (Å²) in [7, 11) is 1.64. The Bertz CT molecular complexity index is 388. The highest BCUT2D eigenvalue weighted by molar-refractivity contribution is 5.37. The van der Waals surface area contributed by atoms with E-state index in [1.54, 1.807) is 7.11 Å². The predicted molar refractivity (Wildman–Crippen MR) is 72.0 cm³/mol. The van der Waals surface area contributed by atoms with Crippen LogP contribution < -0.4 is 10.1 Å². The lowest BCUT2D eigenvalue weighted by Gasteiger charge is -2.27. The van der Waals surface area contributed by atoms with Gasteiger partial charge in [-0.15, -0.1) is 0 Å². The normalized spacial score (nSPS) is 21.6. The minimum atomic E-state index is -0.832. The van der Waals surface area contributed by atoms with Crippen LogP contribution >= 0.6 is 0 Å². The van der Waals surface area contributed by atoms with Gasteiger partial charge in [-0.2, -0.15) is 0 Å². The first-order valence-electron chi connectivity index (χ1n) is 6.71. The molecule has 0 amide bonds. The van der Waals surface area contributed by atoms with E-state index < -0.39 is 6.17 Å². The molecule has 1 aromatic rings. The van der Waals surface area contributed by atoms with Crippen LogP contribution in [-0.2, 0) is 6.42 Å². The van der Waals surface area contributed by atoms with Gasteiger partial charge >= 0.3 is 0 Å². The summed E-state index contributed by atoms with van der Waals surface area (Å²) < 4.78 is 19.6. The van der Waals surface area contributed by atoms with Crippen LogP contribution in [0.2, 0.25) is 0 Å². The van der Waals surface area contributed by atoms with Gasteiger partial charge in [0.1, 0.15) is 11.9 Å². The average molecular weight is 251 g/mol. The van der Waals surface area contributed by atoms with Crippen molar-refractivity contribution in [2.75, 3.05) is 13.7 Å². The molecule has 0 spiro atoms. The van der Waals surface area contributed by atoms with Crippen LogP contribution in [0.3, 0.4) is 0 Å². The van der Waals surface area contributed by atoms with E-state index in [-0.39, 0.29) is 6.04 Å². The second-order valence-electron chi connectivity index (χ2n) is 5.09. The van der Waals surface area contributed by atoms with Gasteiger partial charge in [-0.1, -0.05) is 24.1 Å². The van der Waals surface area contributed by atoms with E-state index in [0.717, 1.165) is 42.7 Å². The van der Waals surface area contributed by atoms with Gasteiger partial charge in [0.25, 0.3) is 0 Å². The molecule has 0 saturated carbocycles. The molecule has 2 atom stereocenters. The van der Waals surface area contributed by atoms with Crippen molar-refractivity contribution in [3.63, 3.8) is 0 Å². The Kier molecular flexibility index (Phi) is 4.59. The molecule has 1 aromatic carbocycles. The van der Waals surface area contributed by atoms with Gasteiger partial charge in [0, 0.05) is 12.5 Å². The number of ether oxygens (including phenoxy) is 1. The molecule has 18 heavy (non-hydrogen) atoms. The average Bonchev–Trinajstić information content (AvgIpc) is 2.40. The summed E-state index contributed by atoms with van der Waals surface area (Å²) in [5, 5.41) is 3.28. The first-order valence-corrected chi connectivity index (χ1v) is 6.71. The maximum absolute atomic E-state index is 14.3. The maximum atomic E-state index is 14.3. The van der Waals surface area contributed by atoms with Crippen LogP contribution in [0.5, 0.6) is 5.75 Å². The SMILES string of the molecule is COc1ccc(C)cc1CC(F)C1CCCCN1. The Morgan fingerprint density at radius 1 is 1.44 bits per heavy atom. The lowest BCUT2D eigenvalue weighted by Crippen LogP contribution is -2.42. The zero-order chi connectivity index (χ0) is 13.0. The van der Waals surface area contributed by atoms with Gasteiger partial charge in [-0.3, -0.25) is 0 Å². The smallest absolute Gasteiger partial charge is 0.122 e. The summed E-state index contributed by atoms with van der Waals surface area (Å²) in [6.07, 6.45) is 2.83. The third-order valence-electron chi connectivity index (χ3n) is 3.64. The molecule has 100 valence electrons. The fraction of sp³-hybridized carbons (Fsp3) is 0.600. The molecule has 2 unspecified atom stereocenters. The molecule has 0 aromatic heterocycles. The molecule has 1 saturated heterocycles. The number of aryl methyl sites for hydroxylation is 1. The molecular formula is C15H22FNO. The van der Waals surface area contributed by atoms with Crippen LogP contribution in [0.25, 0.3) is 0 Å². The number of benzene rings is 1. The Labute approximate surface area is 109 Å². The molecule has 0 bridgehead atoms. The standard InChI is InChI=1S/C15H22FNO/c1-11-6-7-15(18-2)12(9-11)10-13(16)14-5-3-4-8-17-14/h6-7,9,13-14,17H,3-5,8,10H2,1-2H3. The van der Waals surface area contributed by atoms with Crippen molar-refractivity contribution in [3.8, 4) is 5.75 Å². The number of nitrogens with one attached hydrogen (secondary N) is 1. The number of halogens is 1. The van der Waals surface area contributed by atoms with E-state index in [1.807, 2.05) is 25.1 Å². The first kappa shape index (κ1) is 13.3. The number of methoxy groups -OCH3 is 1. The number of hydrogen-bond acceptors (Lipinski definition) is 2. The van der Waals surface area contributed by atoms with Crippen molar-refractivity contribution in [3.05, 3.63) is 29.3 Å². The Morgan fingerprint density at radius 2 is 2.28 bits per heavy atom. The largest absolute Gasteiger partial charge is 0.496 e. The molecule has 1 heterocycles. The van der Waals surface area contributed by atoms with Crippen LogP contribution in [0, 0.1) is 6.92 Å². The third-order valence-corrected chi connectivity index (χ3v) is 3.64. The highest BCUT2D eigenvalue weighted by atomic mass is 19.1. The summed E-state index contributed by atoms with van der Waals surface area (Å²) in [5.41, 5.74) is 2.12. The fourth-order valence-electron chi connectivity index (χ4n) is 2.61. The van der Waals surface area contributed by atoms with Crippen molar-refractivity contribution in [1.82, 2.24) is 5.32 Å². The number of hydrogen-bond donors (Lipinski definition) is 1. The monoisotopic (exact) mass is 251 g/mol. The van der Waals surface area contributed by atoms with E-state index in [9.17, 15) is 4.39 Å². The summed E-state index contributed by atoms with van der Waals surface area (Å²) in [5.74, 6) is 0.791. The summed E-state index contributed by atoms with van der Waals surface area (Å²) in [4.78, 5) is 0. The van der Waals surface area contributed by atoms with E-state index in [4.69, 9.17) is 4.74 Å². The zero-order valence-electron chi connectivity index (χ0n) is 11.2. The highest BCUT2D eigenvalue weighted by Gasteiger charge is 2.24. The van der Waals surface area contributed by atoms with E-state index in [0.29, 0.717) is 6.42 Å². The van der Waals surface area contributed by atoms with Crippen LogP contribution in [0.15, 0.2) is 18.2 Å². The molecule has 0 radical (unpaired) electrons.